The van der Waals surface area contributed by atoms with Crippen molar-refractivity contribution in [1.82, 2.24) is 4.98 Å². The molecule has 0 saturated heterocycles. The molecule has 72 valence electrons. The van der Waals surface area contributed by atoms with Crippen LogP contribution in [0.25, 0.3) is 11.1 Å². The quantitative estimate of drug-likeness (QED) is 0.787. The van der Waals surface area contributed by atoms with Gasteiger partial charge in [-0.1, -0.05) is 28.1 Å². The van der Waals surface area contributed by atoms with Crippen molar-refractivity contribution in [3.05, 3.63) is 52.8 Å². The van der Waals surface area contributed by atoms with Crippen molar-refractivity contribution in [3.8, 4) is 17.2 Å². The third-order valence-corrected chi connectivity index (χ3v) is 2.57. The highest BCUT2D eigenvalue weighted by Gasteiger charge is 2.03. The molecule has 0 atom stereocenters. The lowest BCUT2D eigenvalue weighted by Crippen LogP contribution is -1.85. The van der Waals surface area contributed by atoms with E-state index in [4.69, 9.17) is 5.26 Å². The summed E-state index contributed by atoms with van der Waals surface area (Å²) in [5.41, 5.74) is 2.52. The number of rotatable bonds is 1. The zero-order valence-electron chi connectivity index (χ0n) is 7.81. The smallest absolute Gasteiger partial charge is 0.101 e. The minimum Gasteiger partial charge on any atom is -0.263 e. The van der Waals surface area contributed by atoms with E-state index in [1.807, 2.05) is 30.3 Å². The normalized spacial score (nSPS) is 9.60. The van der Waals surface area contributed by atoms with E-state index in [9.17, 15) is 0 Å². The van der Waals surface area contributed by atoms with E-state index in [1.165, 1.54) is 0 Å². The van der Waals surface area contributed by atoms with E-state index >= 15 is 0 Å². The Morgan fingerprint density at radius 2 is 2.13 bits per heavy atom. The van der Waals surface area contributed by atoms with E-state index in [2.05, 4.69) is 27.0 Å². The first-order chi connectivity index (χ1) is 7.31. The Morgan fingerprint density at radius 1 is 1.27 bits per heavy atom. The Hall–Kier alpha value is -1.66. The molecule has 0 radical (unpaired) electrons. The fourth-order valence-corrected chi connectivity index (χ4v) is 1.79. The van der Waals surface area contributed by atoms with Gasteiger partial charge in [-0.15, -0.1) is 0 Å². The molecule has 2 aromatic rings. The first-order valence-corrected chi connectivity index (χ1v) is 5.20. The van der Waals surface area contributed by atoms with Gasteiger partial charge in [0.25, 0.3) is 0 Å². The van der Waals surface area contributed by atoms with Gasteiger partial charge >= 0.3 is 0 Å². The third-order valence-electron chi connectivity index (χ3n) is 2.08. The van der Waals surface area contributed by atoms with Crippen LogP contribution in [-0.2, 0) is 0 Å². The van der Waals surface area contributed by atoms with Crippen molar-refractivity contribution in [3.63, 3.8) is 0 Å². The standard InChI is InChI=1S/C12H7BrN2/c13-11-3-1-2-9(6-11)12-4-5-15-8-10(12)7-14/h1-6,8H. The van der Waals surface area contributed by atoms with Gasteiger partial charge in [0.15, 0.2) is 0 Å². The Bertz CT molecular complexity index is 529. The van der Waals surface area contributed by atoms with Crippen LogP contribution < -0.4 is 0 Å². The maximum absolute atomic E-state index is 8.95. The first-order valence-electron chi connectivity index (χ1n) is 4.41. The van der Waals surface area contributed by atoms with E-state index in [0.717, 1.165) is 15.6 Å². The van der Waals surface area contributed by atoms with Crippen LogP contribution >= 0.6 is 15.9 Å². The van der Waals surface area contributed by atoms with Crippen LogP contribution in [0.2, 0.25) is 0 Å². The van der Waals surface area contributed by atoms with E-state index in [0.29, 0.717) is 5.56 Å². The number of nitriles is 1. The molecule has 0 spiro atoms. The molecule has 3 heteroatoms. The van der Waals surface area contributed by atoms with Crippen LogP contribution in [0.5, 0.6) is 0 Å². The lowest BCUT2D eigenvalue weighted by atomic mass is 10.0. The Labute approximate surface area is 96.3 Å². The van der Waals surface area contributed by atoms with Crippen LogP contribution in [-0.4, -0.2) is 4.98 Å². The number of hydrogen-bond acceptors (Lipinski definition) is 2. The van der Waals surface area contributed by atoms with Crippen LogP contribution in [0.4, 0.5) is 0 Å². The summed E-state index contributed by atoms with van der Waals surface area (Å²) in [5.74, 6) is 0. The topological polar surface area (TPSA) is 36.7 Å². The second-order valence-electron chi connectivity index (χ2n) is 3.04. The average molecular weight is 259 g/mol. The highest BCUT2D eigenvalue weighted by atomic mass is 79.9. The summed E-state index contributed by atoms with van der Waals surface area (Å²) in [6, 6.07) is 11.8. The second-order valence-corrected chi connectivity index (χ2v) is 3.96. The van der Waals surface area contributed by atoms with E-state index < -0.39 is 0 Å². The van der Waals surface area contributed by atoms with Crippen molar-refractivity contribution in [2.45, 2.75) is 0 Å². The first kappa shape index (κ1) is 9.88. The lowest BCUT2D eigenvalue weighted by molar-refractivity contribution is 1.30. The molecule has 1 aromatic heterocycles. The monoisotopic (exact) mass is 258 g/mol. The lowest BCUT2D eigenvalue weighted by Gasteiger charge is -2.03. The fraction of sp³-hybridized carbons (Fsp3) is 0. The number of hydrogen-bond donors (Lipinski definition) is 0. The summed E-state index contributed by atoms with van der Waals surface area (Å²) in [6.45, 7) is 0. The minimum absolute atomic E-state index is 0.593. The van der Waals surface area contributed by atoms with Crippen LogP contribution in [0, 0.1) is 11.3 Å². The van der Waals surface area contributed by atoms with Crippen molar-refractivity contribution in [1.29, 1.82) is 5.26 Å². The van der Waals surface area contributed by atoms with Gasteiger partial charge in [-0.05, 0) is 23.8 Å². The molecule has 1 heterocycles. The summed E-state index contributed by atoms with van der Waals surface area (Å²) >= 11 is 3.41. The van der Waals surface area contributed by atoms with Gasteiger partial charge in [0.1, 0.15) is 6.07 Å². The molecule has 0 aliphatic rings. The van der Waals surface area contributed by atoms with Crippen LogP contribution in [0.1, 0.15) is 5.56 Å². The van der Waals surface area contributed by atoms with Gasteiger partial charge in [-0.25, -0.2) is 0 Å². The molecule has 0 saturated carbocycles. The molecule has 2 nitrogen and oxygen atoms in total. The summed E-state index contributed by atoms with van der Waals surface area (Å²) in [5, 5.41) is 8.95. The maximum atomic E-state index is 8.95. The molecule has 0 aliphatic carbocycles. The molecule has 0 bridgehead atoms. The van der Waals surface area contributed by atoms with Crippen LogP contribution in [0.15, 0.2) is 47.2 Å². The van der Waals surface area contributed by atoms with Gasteiger partial charge < -0.3 is 0 Å². The SMILES string of the molecule is N#Cc1cnccc1-c1cccc(Br)c1. The molecule has 0 aliphatic heterocycles. The van der Waals surface area contributed by atoms with E-state index in [-0.39, 0.29) is 0 Å². The largest absolute Gasteiger partial charge is 0.263 e. The van der Waals surface area contributed by atoms with Gasteiger partial charge in [-0.3, -0.25) is 4.98 Å². The summed E-state index contributed by atoms with van der Waals surface area (Å²) in [7, 11) is 0. The Kier molecular flexibility index (Phi) is 2.79. The summed E-state index contributed by atoms with van der Waals surface area (Å²) in [4.78, 5) is 3.93. The fourth-order valence-electron chi connectivity index (χ4n) is 1.39. The highest BCUT2D eigenvalue weighted by molar-refractivity contribution is 9.10. The maximum Gasteiger partial charge on any atom is 0.101 e. The molecule has 0 unspecified atom stereocenters. The molecular formula is C12H7BrN2. The minimum atomic E-state index is 0.593. The molecule has 0 fully saturated rings. The van der Waals surface area contributed by atoms with Crippen molar-refractivity contribution in [2.75, 3.05) is 0 Å². The zero-order valence-corrected chi connectivity index (χ0v) is 9.40. The molecule has 0 amide bonds. The second kappa shape index (κ2) is 4.24. The predicted molar refractivity (Wildman–Crippen MR) is 62.1 cm³/mol. The van der Waals surface area contributed by atoms with E-state index in [1.54, 1.807) is 12.4 Å². The predicted octanol–water partition coefficient (Wildman–Crippen LogP) is 3.38. The number of halogens is 1. The molecule has 0 N–H and O–H groups in total. The number of benzene rings is 1. The molecule has 15 heavy (non-hydrogen) atoms. The molecule has 1 aromatic carbocycles. The zero-order chi connectivity index (χ0) is 10.7. The van der Waals surface area contributed by atoms with Gasteiger partial charge in [0.05, 0.1) is 5.56 Å². The highest BCUT2D eigenvalue weighted by Crippen LogP contribution is 2.24. The van der Waals surface area contributed by atoms with Crippen molar-refractivity contribution < 1.29 is 0 Å². The van der Waals surface area contributed by atoms with Crippen molar-refractivity contribution >= 4 is 15.9 Å². The van der Waals surface area contributed by atoms with Gasteiger partial charge in [0.2, 0.25) is 0 Å². The molecular weight excluding hydrogens is 252 g/mol. The summed E-state index contributed by atoms with van der Waals surface area (Å²) < 4.78 is 1.00. The Morgan fingerprint density at radius 3 is 2.87 bits per heavy atom. The van der Waals surface area contributed by atoms with Gasteiger partial charge in [-0.2, -0.15) is 5.26 Å². The molecule has 2 rings (SSSR count). The number of pyridine rings is 1. The number of nitrogens with zero attached hydrogens (tertiary/aromatic N) is 2. The average Bonchev–Trinajstić information content (AvgIpc) is 2.29. The van der Waals surface area contributed by atoms with Crippen molar-refractivity contribution in [2.24, 2.45) is 0 Å². The Balaban J connectivity index is 2.60. The third kappa shape index (κ3) is 2.05. The van der Waals surface area contributed by atoms with Crippen LogP contribution in [0.3, 0.4) is 0 Å². The summed E-state index contributed by atoms with van der Waals surface area (Å²) in [6.07, 6.45) is 3.27. The van der Waals surface area contributed by atoms with Gasteiger partial charge in [0, 0.05) is 22.4 Å². The number of aromatic nitrogens is 1.